The monoisotopic (exact) mass is 259 g/mol. The van der Waals surface area contributed by atoms with Crippen LogP contribution in [-0.2, 0) is 7.05 Å². The maximum absolute atomic E-state index is 12.4. The van der Waals surface area contributed by atoms with Crippen LogP contribution in [0.4, 0.5) is 0 Å². The number of fused-ring (bicyclic) bond motifs is 1. The second kappa shape index (κ2) is 4.23. The molecule has 0 saturated carbocycles. The molecule has 0 aliphatic heterocycles. The van der Waals surface area contributed by atoms with Crippen molar-refractivity contribution in [3.8, 4) is 0 Å². The SMILES string of the molecule is Cc1cc2c(c(C)c1C)c(=O)c(C(=O)O)c(C)n2C. The van der Waals surface area contributed by atoms with Gasteiger partial charge in [-0.2, -0.15) is 0 Å². The highest BCUT2D eigenvalue weighted by Crippen LogP contribution is 2.23. The molecule has 0 bridgehead atoms. The van der Waals surface area contributed by atoms with Crippen LogP contribution in [0.15, 0.2) is 10.9 Å². The van der Waals surface area contributed by atoms with Crippen molar-refractivity contribution in [2.45, 2.75) is 27.7 Å². The average Bonchev–Trinajstić information content (AvgIpc) is 2.32. The van der Waals surface area contributed by atoms with E-state index in [0.717, 1.165) is 22.2 Å². The van der Waals surface area contributed by atoms with Gasteiger partial charge in [0.15, 0.2) is 0 Å². The van der Waals surface area contributed by atoms with E-state index in [1.807, 2.05) is 26.8 Å². The normalized spacial score (nSPS) is 11.0. The summed E-state index contributed by atoms with van der Waals surface area (Å²) >= 11 is 0. The number of aryl methyl sites for hydroxylation is 3. The smallest absolute Gasteiger partial charge is 0.341 e. The number of aromatic carboxylic acids is 1. The number of hydrogen-bond acceptors (Lipinski definition) is 2. The molecule has 0 unspecified atom stereocenters. The predicted octanol–water partition coefficient (Wildman–Crippen LogP) is 2.47. The van der Waals surface area contributed by atoms with Gasteiger partial charge in [0.1, 0.15) is 5.56 Å². The number of rotatable bonds is 1. The van der Waals surface area contributed by atoms with Crippen LogP contribution in [0, 0.1) is 27.7 Å². The number of nitrogens with zero attached hydrogens (tertiary/aromatic N) is 1. The summed E-state index contributed by atoms with van der Waals surface area (Å²) in [6.07, 6.45) is 0. The van der Waals surface area contributed by atoms with Crippen LogP contribution in [-0.4, -0.2) is 15.6 Å². The standard InChI is InChI=1S/C15H17NO3/c1-7-6-11-12(9(3)8(7)2)14(17)13(15(18)19)10(4)16(11)5/h6H,1-5H3,(H,18,19). The first-order valence-electron chi connectivity index (χ1n) is 6.10. The van der Waals surface area contributed by atoms with Gasteiger partial charge in [0, 0.05) is 18.1 Å². The number of aromatic nitrogens is 1. The van der Waals surface area contributed by atoms with E-state index in [2.05, 4.69) is 0 Å². The molecular formula is C15H17NO3. The highest BCUT2D eigenvalue weighted by Gasteiger charge is 2.20. The zero-order chi connectivity index (χ0) is 14.5. The molecule has 0 saturated heterocycles. The van der Waals surface area contributed by atoms with Gasteiger partial charge in [-0.3, -0.25) is 4.79 Å². The minimum Gasteiger partial charge on any atom is -0.477 e. The van der Waals surface area contributed by atoms with E-state index in [9.17, 15) is 14.7 Å². The molecule has 0 radical (unpaired) electrons. The molecule has 4 nitrogen and oxygen atoms in total. The average molecular weight is 259 g/mol. The Bertz CT molecular complexity index is 770. The Hall–Kier alpha value is -2.10. The lowest BCUT2D eigenvalue weighted by Gasteiger charge is -2.16. The van der Waals surface area contributed by atoms with E-state index in [4.69, 9.17) is 0 Å². The summed E-state index contributed by atoms with van der Waals surface area (Å²) in [6.45, 7) is 7.47. The first-order valence-corrected chi connectivity index (χ1v) is 6.10. The lowest BCUT2D eigenvalue weighted by atomic mass is 9.96. The minimum atomic E-state index is -1.17. The Labute approximate surface area is 111 Å². The molecule has 0 amide bonds. The molecule has 2 aromatic rings. The van der Waals surface area contributed by atoms with Gasteiger partial charge in [0.2, 0.25) is 5.43 Å². The maximum atomic E-state index is 12.4. The number of pyridine rings is 1. The summed E-state index contributed by atoms with van der Waals surface area (Å²) < 4.78 is 1.78. The van der Waals surface area contributed by atoms with Crippen molar-refractivity contribution in [2.75, 3.05) is 0 Å². The minimum absolute atomic E-state index is 0.138. The summed E-state index contributed by atoms with van der Waals surface area (Å²) in [5.41, 5.74) is 3.73. The molecule has 0 fully saturated rings. The summed E-state index contributed by atoms with van der Waals surface area (Å²) in [5.74, 6) is -1.17. The van der Waals surface area contributed by atoms with Gasteiger partial charge in [-0.1, -0.05) is 0 Å². The Kier molecular flexibility index (Phi) is 2.97. The Balaban J connectivity index is 3.18. The molecule has 2 rings (SSSR count). The van der Waals surface area contributed by atoms with E-state index in [-0.39, 0.29) is 5.56 Å². The van der Waals surface area contributed by atoms with Crippen molar-refractivity contribution in [1.82, 2.24) is 4.57 Å². The molecule has 1 heterocycles. The highest BCUT2D eigenvalue weighted by molar-refractivity contribution is 5.95. The van der Waals surface area contributed by atoms with Gasteiger partial charge in [0.05, 0.1) is 5.52 Å². The quantitative estimate of drug-likeness (QED) is 0.855. The van der Waals surface area contributed by atoms with Gasteiger partial charge in [-0.05, 0) is 50.5 Å². The maximum Gasteiger partial charge on any atom is 0.341 e. The first kappa shape index (κ1) is 13.3. The summed E-state index contributed by atoms with van der Waals surface area (Å²) in [5, 5.41) is 9.74. The van der Waals surface area contributed by atoms with Crippen molar-refractivity contribution in [2.24, 2.45) is 7.05 Å². The summed E-state index contributed by atoms with van der Waals surface area (Å²) in [4.78, 5) is 23.7. The predicted molar refractivity (Wildman–Crippen MR) is 75.1 cm³/mol. The lowest BCUT2D eigenvalue weighted by Crippen LogP contribution is -2.22. The fourth-order valence-electron chi connectivity index (χ4n) is 2.50. The third-order valence-electron chi connectivity index (χ3n) is 4.03. The van der Waals surface area contributed by atoms with Crippen molar-refractivity contribution in [3.63, 3.8) is 0 Å². The van der Waals surface area contributed by atoms with Crippen LogP contribution >= 0.6 is 0 Å². The van der Waals surface area contributed by atoms with Gasteiger partial charge in [-0.25, -0.2) is 4.79 Å². The fraction of sp³-hybridized carbons (Fsp3) is 0.333. The molecule has 100 valence electrons. The summed E-state index contributed by atoms with van der Waals surface area (Å²) in [7, 11) is 1.79. The van der Waals surface area contributed by atoms with E-state index in [0.29, 0.717) is 11.1 Å². The van der Waals surface area contributed by atoms with E-state index >= 15 is 0 Å². The van der Waals surface area contributed by atoms with Gasteiger partial charge < -0.3 is 9.67 Å². The van der Waals surface area contributed by atoms with Crippen molar-refractivity contribution < 1.29 is 9.90 Å². The molecule has 0 aliphatic carbocycles. The number of benzene rings is 1. The van der Waals surface area contributed by atoms with Gasteiger partial charge in [-0.15, -0.1) is 0 Å². The van der Waals surface area contributed by atoms with Gasteiger partial charge >= 0.3 is 5.97 Å². The topological polar surface area (TPSA) is 59.3 Å². The fourth-order valence-corrected chi connectivity index (χ4v) is 2.50. The molecule has 19 heavy (non-hydrogen) atoms. The molecule has 0 aliphatic rings. The molecule has 0 spiro atoms. The number of hydrogen-bond donors (Lipinski definition) is 1. The Morgan fingerprint density at radius 3 is 2.26 bits per heavy atom. The lowest BCUT2D eigenvalue weighted by molar-refractivity contribution is 0.0694. The molecule has 1 aromatic carbocycles. The molecule has 1 aromatic heterocycles. The Morgan fingerprint density at radius 2 is 1.74 bits per heavy atom. The third kappa shape index (κ3) is 1.75. The molecular weight excluding hydrogens is 242 g/mol. The third-order valence-corrected chi connectivity index (χ3v) is 4.03. The van der Waals surface area contributed by atoms with Crippen molar-refractivity contribution in [3.05, 3.63) is 44.2 Å². The van der Waals surface area contributed by atoms with Crippen LogP contribution in [0.1, 0.15) is 32.7 Å². The van der Waals surface area contributed by atoms with Crippen LogP contribution < -0.4 is 5.43 Å². The Morgan fingerprint density at radius 1 is 1.16 bits per heavy atom. The van der Waals surface area contributed by atoms with Crippen molar-refractivity contribution in [1.29, 1.82) is 0 Å². The largest absolute Gasteiger partial charge is 0.477 e. The second-order valence-corrected chi connectivity index (χ2v) is 4.99. The van der Waals surface area contributed by atoms with Crippen LogP contribution in [0.25, 0.3) is 10.9 Å². The molecule has 0 atom stereocenters. The highest BCUT2D eigenvalue weighted by atomic mass is 16.4. The van der Waals surface area contributed by atoms with Crippen LogP contribution in [0.5, 0.6) is 0 Å². The molecule has 4 heteroatoms. The summed E-state index contributed by atoms with van der Waals surface area (Å²) in [6, 6.07) is 1.94. The first-order chi connectivity index (χ1) is 8.77. The van der Waals surface area contributed by atoms with E-state index in [1.165, 1.54) is 0 Å². The second-order valence-electron chi connectivity index (χ2n) is 4.99. The van der Waals surface area contributed by atoms with E-state index in [1.54, 1.807) is 18.5 Å². The van der Waals surface area contributed by atoms with E-state index < -0.39 is 11.4 Å². The zero-order valence-electron chi connectivity index (χ0n) is 11.8. The van der Waals surface area contributed by atoms with Gasteiger partial charge in [0.25, 0.3) is 0 Å². The zero-order valence-corrected chi connectivity index (χ0v) is 11.8. The van der Waals surface area contributed by atoms with Crippen LogP contribution in [0.2, 0.25) is 0 Å². The van der Waals surface area contributed by atoms with Crippen LogP contribution in [0.3, 0.4) is 0 Å². The number of carboxylic acids is 1. The molecule has 1 N–H and O–H groups in total. The van der Waals surface area contributed by atoms with Crippen molar-refractivity contribution >= 4 is 16.9 Å². The number of carbonyl (C=O) groups is 1. The number of carboxylic acid groups (broad SMARTS) is 1.